The first-order valence-electron chi connectivity index (χ1n) is 5.78. The Hall–Kier alpha value is -0.980. The summed E-state index contributed by atoms with van der Waals surface area (Å²) in [5.74, 6) is 0. The Labute approximate surface area is 105 Å². The highest BCUT2D eigenvalue weighted by atomic mass is 19.4. The molecule has 4 nitrogen and oxygen atoms in total. The van der Waals surface area contributed by atoms with Crippen LogP contribution in [0.25, 0.3) is 0 Å². The van der Waals surface area contributed by atoms with Gasteiger partial charge in [0.15, 0.2) is 6.61 Å². The fourth-order valence-electron chi connectivity index (χ4n) is 2.09. The SMILES string of the molecule is CN(CC1(N(C)C)CCC1)C(=O)OCC(F)(F)F. The molecule has 1 aliphatic rings. The standard InChI is InChI=1S/C11H19F3N2O2/c1-15(2)10(5-4-6-10)7-16(3)9(17)18-8-11(12,13)14/h4-8H2,1-3H3. The lowest BCUT2D eigenvalue weighted by atomic mass is 9.75. The van der Waals surface area contributed by atoms with Gasteiger partial charge >= 0.3 is 12.3 Å². The van der Waals surface area contributed by atoms with Gasteiger partial charge in [0.05, 0.1) is 0 Å². The highest BCUT2D eigenvalue weighted by Gasteiger charge is 2.41. The Morgan fingerprint density at radius 3 is 2.17 bits per heavy atom. The lowest BCUT2D eigenvalue weighted by molar-refractivity contribution is -0.162. The van der Waals surface area contributed by atoms with Crippen molar-refractivity contribution in [2.75, 3.05) is 34.3 Å². The van der Waals surface area contributed by atoms with Crippen LogP contribution in [0.4, 0.5) is 18.0 Å². The van der Waals surface area contributed by atoms with Crippen molar-refractivity contribution in [2.45, 2.75) is 31.0 Å². The first-order chi connectivity index (χ1) is 8.16. The number of alkyl halides is 3. The maximum absolute atomic E-state index is 11.9. The Balaban J connectivity index is 2.44. The van der Waals surface area contributed by atoms with Crippen LogP contribution in [0.1, 0.15) is 19.3 Å². The number of ether oxygens (including phenoxy) is 1. The Bertz CT molecular complexity index is 301. The zero-order valence-electron chi connectivity index (χ0n) is 10.9. The largest absolute Gasteiger partial charge is 0.440 e. The summed E-state index contributed by atoms with van der Waals surface area (Å²) in [7, 11) is 5.28. The van der Waals surface area contributed by atoms with Crippen LogP contribution >= 0.6 is 0 Å². The molecule has 1 fully saturated rings. The summed E-state index contributed by atoms with van der Waals surface area (Å²) in [6, 6.07) is 0. The van der Waals surface area contributed by atoms with E-state index in [2.05, 4.69) is 4.74 Å². The Kier molecular flexibility index (Phi) is 4.47. The van der Waals surface area contributed by atoms with Crippen LogP contribution in [0.3, 0.4) is 0 Å². The number of hydrogen-bond donors (Lipinski definition) is 0. The molecule has 0 aromatic carbocycles. The number of carbonyl (C=O) groups excluding carboxylic acids is 1. The van der Waals surface area contributed by atoms with Crippen molar-refractivity contribution < 1.29 is 22.7 Å². The fourth-order valence-corrected chi connectivity index (χ4v) is 2.09. The number of rotatable bonds is 4. The molecular formula is C11H19F3N2O2. The van der Waals surface area contributed by atoms with Crippen molar-refractivity contribution in [1.82, 2.24) is 9.80 Å². The van der Waals surface area contributed by atoms with E-state index in [9.17, 15) is 18.0 Å². The molecule has 1 saturated carbocycles. The summed E-state index contributed by atoms with van der Waals surface area (Å²) in [5, 5.41) is 0. The molecule has 0 aromatic heterocycles. The molecule has 0 N–H and O–H groups in total. The summed E-state index contributed by atoms with van der Waals surface area (Å²) >= 11 is 0. The molecule has 18 heavy (non-hydrogen) atoms. The smallest absolute Gasteiger partial charge is 0.422 e. The van der Waals surface area contributed by atoms with Crippen molar-refractivity contribution in [3.8, 4) is 0 Å². The van der Waals surface area contributed by atoms with Crippen molar-refractivity contribution in [3.05, 3.63) is 0 Å². The van der Waals surface area contributed by atoms with E-state index in [1.165, 1.54) is 11.9 Å². The van der Waals surface area contributed by atoms with Crippen LogP contribution in [-0.2, 0) is 4.74 Å². The number of nitrogens with zero attached hydrogens (tertiary/aromatic N) is 2. The molecule has 0 unspecified atom stereocenters. The van der Waals surface area contributed by atoms with Gasteiger partial charge in [-0.05, 0) is 33.4 Å². The average Bonchev–Trinajstić information content (AvgIpc) is 2.17. The molecule has 0 saturated heterocycles. The fraction of sp³-hybridized carbons (Fsp3) is 0.909. The molecule has 7 heteroatoms. The molecule has 0 atom stereocenters. The lowest BCUT2D eigenvalue weighted by Gasteiger charge is -2.48. The van der Waals surface area contributed by atoms with E-state index in [1.807, 2.05) is 19.0 Å². The van der Waals surface area contributed by atoms with Crippen molar-refractivity contribution in [1.29, 1.82) is 0 Å². The average molecular weight is 268 g/mol. The second-order valence-corrected chi connectivity index (χ2v) is 5.00. The van der Waals surface area contributed by atoms with Crippen molar-refractivity contribution >= 4 is 6.09 Å². The van der Waals surface area contributed by atoms with Crippen LogP contribution in [0.2, 0.25) is 0 Å². The number of carbonyl (C=O) groups is 1. The highest BCUT2D eigenvalue weighted by molar-refractivity contribution is 5.67. The molecule has 106 valence electrons. The maximum atomic E-state index is 11.9. The van der Waals surface area contributed by atoms with Crippen LogP contribution in [0.15, 0.2) is 0 Å². The van der Waals surface area contributed by atoms with Gasteiger partial charge in [-0.15, -0.1) is 0 Å². The monoisotopic (exact) mass is 268 g/mol. The quantitative estimate of drug-likeness (QED) is 0.782. The first-order valence-corrected chi connectivity index (χ1v) is 5.78. The number of likely N-dealkylation sites (N-methyl/N-ethyl adjacent to an activating group) is 2. The van der Waals surface area contributed by atoms with Gasteiger partial charge in [0.25, 0.3) is 0 Å². The van der Waals surface area contributed by atoms with Gasteiger partial charge < -0.3 is 14.5 Å². The van der Waals surface area contributed by atoms with Crippen molar-refractivity contribution in [2.24, 2.45) is 0 Å². The van der Waals surface area contributed by atoms with Crippen LogP contribution in [0.5, 0.6) is 0 Å². The molecule has 0 spiro atoms. The molecule has 1 amide bonds. The summed E-state index contributed by atoms with van der Waals surface area (Å²) in [4.78, 5) is 14.6. The lowest BCUT2D eigenvalue weighted by Crippen LogP contribution is -2.57. The van der Waals surface area contributed by atoms with E-state index in [0.29, 0.717) is 6.54 Å². The second kappa shape index (κ2) is 5.34. The predicted octanol–water partition coefficient (Wildman–Crippen LogP) is 2.10. The van der Waals surface area contributed by atoms with Crippen LogP contribution in [0, 0.1) is 0 Å². The first kappa shape index (κ1) is 15.1. The van der Waals surface area contributed by atoms with E-state index >= 15 is 0 Å². The highest BCUT2D eigenvalue weighted by Crippen LogP contribution is 2.36. The summed E-state index contributed by atoms with van der Waals surface area (Å²) in [6.45, 7) is -1.15. The molecule has 0 heterocycles. The van der Waals surface area contributed by atoms with Gasteiger partial charge in [-0.3, -0.25) is 0 Å². The van der Waals surface area contributed by atoms with E-state index < -0.39 is 18.9 Å². The van der Waals surface area contributed by atoms with Gasteiger partial charge in [-0.1, -0.05) is 0 Å². The maximum Gasteiger partial charge on any atom is 0.422 e. The predicted molar refractivity (Wildman–Crippen MR) is 60.3 cm³/mol. The van der Waals surface area contributed by atoms with Gasteiger partial charge in [0, 0.05) is 19.1 Å². The minimum absolute atomic E-state index is 0.119. The molecule has 1 rings (SSSR count). The minimum atomic E-state index is -4.48. The molecule has 0 aromatic rings. The summed E-state index contributed by atoms with van der Waals surface area (Å²) < 4.78 is 40.0. The summed E-state index contributed by atoms with van der Waals surface area (Å²) in [6.07, 6.45) is -2.45. The van der Waals surface area contributed by atoms with Gasteiger partial charge in [-0.2, -0.15) is 13.2 Å². The molecular weight excluding hydrogens is 249 g/mol. The zero-order chi connectivity index (χ0) is 14.0. The van der Waals surface area contributed by atoms with E-state index in [-0.39, 0.29) is 5.54 Å². The molecule has 1 aliphatic carbocycles. The topological polar surface area (TPSA) is 32.8 Å². The second-order valence-electron chi connectivity index (χ2n) is 5.00. The van der Waals surface area contributed by atoms with E-state index in [1.54, 1.807) is 0 Å². The number of halogens is 3. The van der Waals surface area contributed by atoms with Crippen molar-refractivity contribution in [3.63, 3.8) is 0 Å². The number of hydrogen-bond acceptors (Lipinski definition) is 3. The number of amides is 1. The molecule has 0 aliphatic heterocycles. The van der Waals surface area contributed by atoms with Gasteiger partial charge in [0.1, 0.15) is 0 Å². The van der Waals surface area contributed by atoms with Crippen LogP contribution < -0.4 is 0 Å². The van der Waals surface area contributed by atoms with Crippen LogP contribution in [-0.4, -0.2) is 61.9 Å². The zero-order valence-corrected chi connectivity index (χ0v) is 10.9. The summed E-state index contributed by atoms with van der Waals surface area (Å²) in [5.41, 5.74) is -0.119. The third kappa shape index (κ3) is 3.76. The van der Waals surface area contributed by atoms with E-state index in [4.69, 9.17) is 0 Å². The third-order valence-electron chi connectivity index (χ3n) is 3.44. The third-order valence-corrected chi connectivity index (χ3v) is 3.44. The normalized spacial score (nSPS) is 18.4. The van der Waals surface area contributed by atoms with E-state index in [0.717, 1.165) is 19.3 Å². The van der Waals surface area contributed by atoms with Gasteiger partial charge in [0.2, 0.25) is 0 Å². The Morgan fingerprint density at radius 2 is 1.83 bits per heavy atom. The molecule has 0 radical (unpaired) electrons. The van der Waals surface area contributed by atoms with Gasteiger partial charge in [-0.25, -0.2) is 4.79 Å². The minimum Gasteiger partial charge on any atom is -0.440 e. The Morgan fingerprint density at radius 1 is 1.28 bits per heavy atom. The molecule has 0 bridgehead atoms.